The Balaban J connectivity index is 1.43. The standard InChI is InChI=1S/C14H28N2O2/c15-10-12-4-1-6-14(12)16-7-3-8-17-11-13-5-2-9-18-13/h12-14,16H,1-11,15H2. The molecule has 3 N–H and O–H groups in total. The summed E-state index contributed by atoms with van der Waals surface area (Å²) in [7, 11) is 0. The molecule has 0 spiro atoms. The maximum absolute atomic E-state index is 5.77. The van der Waals surface area contributed by atoms with Gasteiger partial charge in [0.1, 0.15) is 0 Å². The van der Waals surface area contributed by atoms with Crippen molar-refractivity contribution in [1.82, 2.24) is 5.32 Å². The summed E-state index contributed by atoms with van der Waals surface area (Å²) in [6.45, 7) is 4.40. The lowest BCUT2D eigenvalue weighted by molar-refractivity contribution is 0.0165. The largest absolute Gasteiger partial charge is 0.379 e. The third-order valence-electron chi connectivity index (χ3n) is 4.16. The first-order chi connectivity index (χ1) is 8.90. The molecule has 0 radical (unpaired) electrons. The van der Waals surface area contributed by atoms with Crippen LogP contribution in [-0.2, 0) is 9.47 Å². The van der Waals surface area contributed by atoms with Crippen LogP contribution in [0.2, 0.25) is 0 Å². The predicted octanol–water partition coefficient (Wildman–Crippen LogP) is 1.29. The summed E-state index contributed by atoms with van der Waals surface area (Å²) in [5.74, 6) is 0.692. The number of hydrogen-bond acceptors (Lipinski definition) is 4. The van der Waals surface area contributed by atoms with Crippen LogP contribution in [0.4, 0.5) is 0 Å². The van der Waals surface area contributed by atoms with Crippen molar-refractivity contribution in [1.29, 1.82) is 0 Å². The highest BCUT2D eigenvalue weighted by Crippen LogP contribution is 2.24. The third-order valence-corrected chi connectivity index (χ3v) is 4.16. The Bertz CT molecular complexity index is 220. The van der Waals surface area contributed by atoms with Crippen molar-refractivity contribution in [2.24, 2.45) is 11.7 Å². The minimum atomic E-state index is 0.356. The number of rotatable bonds is 8. The molecule has 0 bridgehead atoms. The molecule has 1 heterocycles. The van der Waals surface area contributed by atoms with Gasteiger partial charge >= 0.3 is 0 Å². The Morgan fingerprint density at radius 1 is 1.22 bits per heavy atom. The van der Waals surface area contributed by atoms with Crippen molar-refractivity contribution >= 4 is 0 Å². The van der Waals surface area contributed by atoms with Crippen LogP contribution in [0.5, 0.6) is 0 Å². The average molecular weight is 256 g/mol. The predicted molar refractivity (Wildman–Crippen MR) is 72.6 cm³/mol. The summed E-state index contributed by atoms with van der Waals surface area (Å²) in [5, 5.41) is 3.62. The Labute approximate surface area is 111 Å². The van der Waals surface area contributed by atoms with E-state index in [1.807, 2.05) is 0 Å². The van der Waals surface area contributed by atoms with Gasteiger partial charge in [-0.1, -0.05) is 6.42 Å². The second kappa shape index (κ2) is 8.10. The molecule has 4 nitrogen and oxygen atoms in total. The Morgan fingerprint density at radius 3 is 2.94 bits per heavy atom. The summed E-state index contributed by atoms with van der Waals surface area (Å²) in [6, 6.07) is 0.646. The first-order valence-electron chi connectivity index (χ1n) is 7.53. The third kappa shape index (κ3) is 4.50. The molecule has 2 fully saturated rings. The highest BCUT2D eigenvalue weighted by atomic mass is 16.5. The molecule has 1 aliphatic carbocycles. The zero-order valence-corrected chi connectivity index (χ0v) is 11.4. The molecule has 3 unspecified atom stereocenters. The lowest BCUT2D eigenvalue weighted by Crippen LogP contribution is -2.36. The van der Waals surface area contributed by atoms with E-state index in [0.717, 1.165) is 39.3 Å². The summed E-state index contributed by atoms with van der Waals surface area (Å²) in [5.41, 5.74) is 5.77. The summed E-state index contributed by atoms with van der Waals surface area (Å²) >= 11 is 0. The Kier molecular flexibility index (Phi) is 6.41. The molecule has 2 aliphatic rings. The molecule has 0 aromatic carbocycles. The molecule has 3 atom stereocenters. The van der Waals surface area contributed by atoms with E-state index in [9.17, 15) is 0 Å². The van der Waals surface area contributed by atoms with Crippen molar-refractivity contribution < 1.29 is 9.47 Å². The van der Waals surface area contributed by atoms with E-state index in [1.165, 1.54) is 32.1 Å². The second-order valence-electron chi connectivity index (χ2n) is 5.55. The summed E-state index contributed by atoms with van der Waals surface area (Å²) < 4.78 is 11.2. The molecular weight excluding hydrogens is 228 g/mol. The molecule has 106 valence electrons. The van der Waals surface area contributed by atoms with Crippen LogP contribution in [0.1, 0.15) is 38.5 Å². The van der Waals surface area contributed by atoms with Gasteiger partial charge in [0.05, 0.1) is 12.7 Å². The van der Waals surface area contributed by atoms with Gasteiger partial charge < -0.3 is 20.5 Å². The van der Waals surface area contributed by atoms with E-state index in [0.29, 0.717) is 18.1 Å². The Hall–Kier alpha value is -0.160. The molecule has 18 heavy (non-hydrogen) atoms. The molecule has 1 saturated heterocycles. The van der Waals surface area contributed by atoms with Crippen LogP contribution in [0.15, 0.2) is 0 Å². The van der Waals surface area contributed by atoms with E-state index >= 15 is 0 Å². The van der Waals surface area contributed by atoms with Crippen molar-refractivity contribution in [3.63, 3.8) is 0 Å². The van der Waals surface area contributed by atoms with Crippen molar-refractivity contribution in [2.75, 3.05) is 32.9 Å². The van der Waals surface area contributed by atoms with Gasteiger partial charge in [0.25, 0.3) is 0 Å². The lowest BCUT2D eigenvalue weighted by atomic mass is 10.0. The molecule has 0 aromatic rings. The minimum absolute atomic E-state index is 0.356. The molecule has 4 heteroatoms. The van der Waals surface area contributed by atoms with Crippen LogP contribution < -0.4 is 11.1 Å². The number of nitrogens with one attached hydrogen (secondary N) is 1. The van der Waals surface area contributed by atoms with Crippen LogP contribution in [0.25, 0.3) is 0 Å². The van der Waals surface area contributed by atoms with Gasteiger partial charge in [-0.3, -0.25) is 0 Å². The van der Waals surface area contributed by atoms with Crippen LogP contribution in [0.3, 0.4) is 0 Å². The van der Waals surface area contributed by atoms with Crippen LogP contribution in [-0.4, -0.2) is 45.1 Å². The van der Waals surface area contributed by atoms with Crippen LogP contribution >= 0.6 is 0 Å². The highest BCUT2D eigenvalue weighted by Gasteiger charge is 2.24. The van der Waals surface area contributed by atoms with E-state index in [4.69, 9.17) is 15.2 Å². The maximum Gasteiger partial charge on any atom is 0.0809 e. The van der Waals surface area contributed by atoms with E-state index in [-0.39, 0.29) is 0 Å². The van der Waals surface area contributed by atoms with E-state index in [2.05, 4.69) is 5.32 Å². The number of hydrogen-bond donors (Lipinski definition) is 2. The number of ether oxygens (including phenoxy) is 2. The zero-order valence-electron chi connectivity index (χ0n) is 11.4. The fourth-order valence-electron chi connectivity index (χ4n) is 3.04. The first kappa shape index (κ1) is 14.3. The van der Waals surface area contributed by atoms with Gasteiger partial charge in [-0.2, -0.15) is 0 Å². The summed E-state index contributed by atoms with van der Waals surface area (Å²) in [6.07, 6.45) is 7.71. The van der Waals surface area contributed by atoms with E-state index < -0.39 is 0 Å². The molecular formula is C14H28N2O2. The molecule has 2 rings (SSSR count). The van der Waals surface area contributed by atoms with Gasteiger partial charge in [-0.25, -0.2) is 0 Å². The summed E-state index contributed by atoms with van der Waals surface area (Å²) in [4.78, 5) is 0. The molecule has 0 amide bonds. The SMILES string of the molecule is NCC1CCCC1NCCCOCC1CCCO1. The van der Waals surface area contributed by atoms with Gasteiger partial charge in [0.15, 0.2) is 0 Å². The van der Waals surface area contributed by atoms with Gasteiger partial charge in [0, 0.05) is 19.3 Å². The van der Waals surface area contributed by atoms with Crippen molar-refractivity contribution in [3.05, 3.63) is 0 Å². The Morgan fingerprint density at radius 2 is 2.17 bits per heavy atom. The minimum Gasteiger partial charge on any atom is -0.379 e. The fourth-order valence-corrected chi connectivity index (χ4v) is 3.04. The molecule has 0 aromatic heterocycles. The quantitative estimate of drug-likeness (QED) is 0.643. The lowest BCUT2D eigenvalue weighted by Gasteiger charge is -2.19. The molecule has 1 aliphatic heterocycles. The highest BCUT2D eigenvalue weighted by molar-refractivity contribution is 4.83. The topological polar surface area (TPSA) is 56.5 Å². The van der Waals surface area contributed by atoms with Crippen molar-refractivity contribution in [3.8, 4) is 0 Å². The average Bonchev–Trinajstić information content (AvgIpc) is 3.04. The van der Waals surface area contributed by atoms with Gasteiger partial charge in [0.2, 0.25) is 0 Å². The molecule has 1 saturated carbocycles. The zero-order chi connectivity index (χ0) is 12.6. The van der Waals surface area contributed by atoms with Gasteiger partial charge in [-0.05, 0) is 51.1 Å². The first-order valence-corrected chi connectivity index (χ1v) is 7.53. The number of nitrogens with two attached hydrogens (primary N) is 1. The van der Waals surface area contributed by atoms with Crippen molar-refractivity contribution in [2.45, 2.75) is 50.7 Å². The van der Waals surface area contributed by atoms with Gasteiger partial charge in [-0.15, -0.1) is 0 Å². The van der Waals surface area contributed by atoms with E-state index in [1.54, 1.807) is 0 Å². The smallest absolute Gasteiger partial charge is 0.0809 e. The van der Waals surface area contributed by atoms with Crippen LogP contribution in [0, 0.1) is 5.92 Å². The normalized spacial score (nSPS) is 32.2. The maximum atomic E-state index is 5.77. The fraction of sp³-hybridized carbons (Fsp3) is 1.00. The second-order valence-corrected chi connectivity index (χ2v) is 5.55. The monoisotopic (exact) mass is 256 g/mol.